The van der Waals surface area contributed by atoms with Crippen molar-refractivity contribution in [1.29, 1.82) is 0 Å². The smallest absolute Gasteiger partial charge is 0.0342 e. The van der Waals surface area contributed by atoms with Crippen molar-refractivity contribution in [2.75, 3.05) is 5.32 Å². The van der Waals surface area contributed by atoms with Crippen LogP contribution in [-0.4, -0.2) is 6.04 Å². The lowest BCUT2D eigenvalue weighted by atomic mass is 10.0. The molecule has 0 saturated carbocycles. The van der Waals surface area contributed by atoms with E-state index in [-0.39, 0.29) is 0 Å². The fourth-order valence-electron chi connectivity index (χ4n) is 2.09. The predicted molar refractivity (Wildman–Crippen MR) is 82.2 cm³/mol. The van der Waals surface area contributed by atoms with Gasteiger partial charge in [-0.05, 0) is 56.2 Å². The van der Waals surface area contributed by atoms with Crippen molar-refractivity contribution in [3.8, 4) is 0 Å². The Bertz CT molecular complexity index is 313. The van der Waals surface area contributed by atoms with Gasteiger partial charge in [-0.1, -0.05) is 39.3 Å². The van der Waals surface area contributed by atoms with Crippen molar-refractivity contribution in [3.63, 3.8) is 0 Å². The van der Waals surface area contributed by atoms with Crippen LogP contribution in [0.1, 0.15) is 58.9 Å². The largest absolute Gasteiger partial charge is 0.383 e. The molecule has 0 spiro atoms. The maximum Gasteiger partial charge on any atom is 0.0342 e. The van der Waals surface area contributed by atoms with Crippen LogP contribution in [0.4, 0.5) is 5.69 Å². The van der Waals surface area contributed by atoms with E-state index in [0.29, 0.717) is 6.04 Å². The summed E-state index contributed by atoms with van der Waals surface area (Å²) in [6.07, 6.45) is 6.31. The number of hydrogen-bond acceptors (Lipinski definition) is 1. The summed E-state index contributed by atoms with van der Waals surface area (Å²) in [6.45, 7) is 9.09. The van der Waals surface area contributed by atoms with Crippen molar-refractivity contribution in [2.45, 2.75) is 65.8 Å². The summed E-state index contributed by atoms with van der Waals surface area (Å²) in [5.74, 6) is 0.797. The van der Waals surface area contributed by atoms with Crippen LogP contribution in [0.25, 0.3) is 0 Å². The number of hydrogen-bond donors (Lipinski definition) is 1. The lowest BCUT2D eigenvalue weighted by Gasteiger charge is -2.16. The molecule has 102 valence electrons. The topological polar surface area (TPSA) is 12.0 Å². The second kappa shape index (κ2) is 8.18. The third-order valence-electron chi connectivity index (χ3n) is 3.36. The minimum Gasteiger partial charge on any atom is -0.383 e. The number of anilines is 1. The van der Waals surface area contributed by atoms with Crippen molar-refractivity contribution in [3.05, 3.63) is 29.8 Å². The van der Waals surface area contributed by atoms with Gasteiger partial charge in [-0.15, -0.1) is 0 Å². The maximum absolute atomic E-state index is 3.58. The number of rotatable bonds is 8. The first-order chi connectivity index (χ1) is 8.61. The Kier molecular flexibility index (Phi) is 6.85. The Labute approximate surface area is 113 Å². The third-order valence-corrected chi connectivity index (χ3v) is 3.36. The van der Waals surface area contributed by atoms with Gasteiger partial charge >= 0.3 is 0 Å². The minimum absolute atomic E-state index is 0.564. The van der Waals surface area contributed by atoms with E-state index in [1.807, 2.05) is 0 Å². The second-order valence-electron chi connectivity index (χ2n) is 5.82. The highest BCUT2D eigenvalue weighted by Crippen LogP contribution is 2.15. The monoisotopic (exact) mass is 247 g/mol. The molecule has 1 atom stereocenters. The first kappa shape index (κ1) is 15.1. The molecular formula is C17H29N. The molecule has 0 bridgehead atoms. The van der Waals surface area contributed by atoms with Crippen LogP contribution in [0.5, 0.6) is 0 Å². The van der Waals surface area contributed by atoms with Crippen LogP contribution in [0.2, 0.25) is 0 Å². The first-order valence-electron chi connectivity index (χ1n) is 7.47. The van der Waals surface area contributed by atoms with E-state index in [9.17, 15) is 0 Å². The molecule has 0 radical (unpaired) electrons. The fraction of sp³-hybridized carbons (Fsp3) is 0.647. The Morgan fingerprint density at radius 1 is 1.00 bits per heavy atom. The second-order valence-corrected chi connectivity index (χ2v) is 5.82. The molecule has 0 saturated heterocycles. The normalized spacial score (nSPS) is 12.7. The van der Waals surface area contributed by atoms with E-state index in [1.165, 1.54) is 43.4 Å². The summed E-state index contributed by atoms with van der Waals surface area (Å²) >= 11 is 0. The van der Waals surface area contributed by atoms with Crippen LogP contribution in [-0.2, 0) is 6.42 Å². The maximum atomic E-state index is 3.58. The molecule has 0 fully saturated rings. The molecule has 0 aliphatic carbocycles. The molecule has 0 aliphatic heterocycles. The number of unbranched alkanes of at least 4 members (excludes halogenated alkanes) is 1. The summed E-state index contributed by atoms with van der Waals surface area (Å²) in [4.78, 5) is 0. The highest BCUT2D eigenvalue weighted by atomic mass is 14.9. The Morgan fingerprint density at radius 3 is 2.22 bits per heavy atom. The highest BCUT2D eigenvalue weighted by Gasteiger charge is 2.03. The number of benzene rings is 1. The van der Waals surface area contributed by atoms with Crippen LogP contribution >= 0.6 is 0 Å². The molecule has 18 heavy (non-hydrogen) atoms. The van der Waals surface area contributed by atoms with Gasteiger partial charge in [-0.2, -0.15) is 0 Å². The van der Waals surface area contributed by atoms with Crippen LogP contribution in [0.3, 0.4) is 0 Å². The summed E-state index contributed by atoms with van der Waals surface area (Å²) < 4.78 is 0. The summed E-state index contributed by atoms with van der Waals surface area (Å²) in [5.41, 5.74) is 2.71. The van der Waals surface area contributed by atoms with E-state index in [0.717, 1.165) is 5.92 Å². The van der Waals surface area contributed by atoms with Gasteiger partial charge in [0.05, 0.1) is 0 Å². The molecule has 0 aliphatic rings. The van der Waals surface area contributed by atoms with Gasteiger partial charge in [0.15, 0.2) is 0 Å². The lowest BCUT2D eigenvalue weighted by molar-refractivity contribution is 0.528. The molecule has 1 heteroatoms. The molecule has 0 aromatic heterocycles. The van der Waals surface area contributed by atoms with Gasteiger partial charge in [0.25, 0.3) is 0 Å². The quantitative estimate of drug-likeness (QED) is 0.660. The van der Waals surface area contributed by atoms with E-state index in [2.05, 4.69) is 57.3 Å². The zero-order valence-corrected chi connectivity index (χ0v) is 12.5. The molecule has 1 unspecified atom stereocenters. The first-order valence-corrected chi connectivity index (χ1v) is 7.47. The van der Waals surface area contributed by atoms with Crippen molar-refractivity contribution in [2.24, 2.45) is 5.92 Å². The van der Waals surface area contributed by atoms with E-state index in [4.69, 9.17) is 0 Å². The average Bonchev–Trinajstić information content (AvgIpc) is 2.35. The predicted octanol–water partition coefficient (Wildman–Crippen LogP) is 5.27. The van der Waals surface area contributed by atoms with Crippen molar-refractivity contribution >= 4 is 5.69 Å². The van der Waals surface area contributed by atoms with Crippen LogP contribution in [0.15, 0.2) is 24.3 Å². The van der Waals surface area contributed by atoms with Gasteiger partial charge in [0.2, 0.25) is 0 Å². The number of nitrogens with one attached hydrogen (secondary N) is 1. The average molecular weight is 247 g/mol. The Hall–Kier alpha value is -0.980. The Balaban J connectivity index is 2.38. The van der Waals surface area contributed by atoms with Gasteiger partial charge in [-0.3, -0.25) is 0 Å². The summed E-state index contributed by atoms with van der Waals surface area (Å²) in [7, 11) is 0. The molecule has 1 aromatic rings. The van der Waals surface area contributed by atoms with Gasteiger partial charge in [0, 0.05) is 11.7 Å². The zero-order chi connectivity index (χ0) is 13.4. The van der Waals surface area contributed by atoms with Crippen molar-refractivity contribution < 1.29 is 0 Å². The lowest BCUT2D eigenvalue weighted by Crippen LogP contribution is -2.15. The van der Waals surface area contributed by atoms with E-state index in [1.54, 1.807) is 0 Å². The summed E-state index contributed by atoms with van der Waals surface area (Å²) in [5, 5.41) is 3.58. The molecular weight excluding hydrogens is 218 g/mol. The molecule has 1 nitrogen and oxygen atoms in total. The summed E-state index contributed by atoms with van der Waals surface area (Å²) in [6, 6.07) is 9.52. The zero-order valence-electron chi connectivity index (χ0n) is 12.5. The SMILES string of the molecule is CCCCc1ccc(NC(C)CCC(C)C)cc1. The number of aryl methyl sites for hydroxylation is 1. The molecule has 1 aromatic carbocycles. The Morgan fingerprint density at radius 2 is 1.67 bits per heavy atom. The molecule has 1 N–H and O–H groups in total. The molecule has 1 rings (SSSR count). The molecule has 0 amide bonds. The standard InChI is InChI=1S/C17H29N/c1-5-6-7-16-10-12-17(13-11-16)18-15(4)9-8-14(2)3/h10-15,18H,5-9H2,1-4H3. The third kappa shape index (κ3) is 6.09. The van der Waals surface area contributed by atoms with E-state index < -0.39 is 0 Å². The van der Waals surface area contributed by atoms with Gasteiger partial charge in [-0.25, -0.2) is 0 Å². The van der Waals surface area contributed by atoms with Crippen molar-refractivity contribution in [1.82, 2.24) is 0 Å². The van der Waals surface area contributed by atoms with Crippen LogP contribution < -0.4 is 5.32 Å². The fourth-order valence-corrected chi connectivity index (χ4v) is 2.09. The van der Waals surface area contributed by atoms with E-state index >= 15 is 0 Å². The molecule has 0 heterocycles. The highest BCUT2D eigenvalue weighted by molar-refractivity contribution is 5.45. The minimum atomic E-state index is 0.564. The van der Waals surface area contributed by atoms with Gasteiger partial charge < -0.3 is 5.32 Å². The van der Waals surface area contributed by atoms with Gasteiger partial charge in [0.1, 0.15) is 0 Å². The van der Waals surface area contributed by atoms with Crippen LogP contribution in [0, 0.1) is 5.92 Å².